The Kier molecular flexibility index (Phi) is 5.18. The Bertz CT molecular complexity index is 197. The van der Waals surface area contributed by atoms with Gasteiger partial charge in [-0.25, -0.2) is 0 Å². The SMILES string of the molecule is C=C/C=C(\C=C(/C)C(C)C)OC. The lowest BCUT2D eigenvalue weighted by atomic mass is 10.0. The second kappa shape index (κ2) is 5.64. The Morgan fingerprint density at radius 2 is 2.00 bits per heavy atom. The molecule has 0 aliphatic heterocycles. The number of hydrogen-bond donors (Lipinski definition) is 0. The van der Waals surface area contributed by atoms with E-state index in [-0.39, 0.29) is 0 Å². The van der Waals surface area contributed by atoms with Crippen LogP contribution in [0.15, 0.2) is 36.1 Å². The van der Waals surface area contributed by atoms with Gasteiger partial charge in [0.2, 0.25) is 0 Å². The first-order valence-electron chi connectivity index (χ1n) is 4.16. The van der Waals surface area contributed by atoms with Gasteiger partial charge in [-0.1, -0.05) is 32.1 Å². The van der Waals surface area contributed by atoms with Crippen LogP contribution in [-0.4, -0.2) is 7.11 Å². The third-order valence-corrected chi connectivity index (χ3v) is 1.80. The lowest BCUT2D eigenvalue weighted by Crippen LogP contribution is -1.91. The summed E-state index contributed by atoms with van der Waals surface area (Å²) in [6.45, 7) is 10.0. The minimum Gasteiger partial charge on any atom is -0.497 e. The van der Waals surface area contributed by atoms with Gasteiger partial charge in [-0.05, 0) is 25.0 Å². The predicted molar refractivity (Wildman–Crippen MR) is 53.9 cm³/mol. The fourth-order valence-corrected chi connectivity index (χ4v) is 0.682. The molecule has 12 heavy (non-hydrogen) atoms. The van der Waals surface area contributed by atoms with E-state index in [1.165, 1.54) is 5.57 Å². The van der Waals surface area contributed by atoms with Crippen LogP contribution in [0.2, 0.25) is 0 Å². The molecule has 68 valence electrons. The van der Waals surface area contributed by atoms with E-state index in [0.29, 0.717) is 5.92 Å². The minimum atomic E-state index is 0.563. The van der Waals surface area contributed by atoms with Crippen LogP contribution in [0.5, 0.6) is 0 Å². The molecule has 0 aromatic rings. The molecule has 0 amide bonds. The van der Waals surface area contributed by atoms with Crippen molar-refractivity contribution in [3.63, 3.8) is 0 Å². The van der Waals surface area contributed by atoms with Crippen LogP contribution < -0.4 is 0 Å². The van der Waals surface area contributed by atoms with Crippen molar-refractivity contribution in [3.8, 4) is 0 Å². The third kappa shape index (κ3) is 4.02. The second-order valence-corrected chi connectivity index (χ2v) is 3.05. The summed E-state index contributed by atoms with van der Waals surface area (Å²) in [7, 11) is 1.67. The normalized spacial score (nSPS) is 13.4. The first-order valence-corrected chi connectivity index (χ1v) is 4.16. The number of hydrogen-bond acceptors (Lipinski definition) is 1. The molecule has 0 fully saturated rings. The lowest BCUT2D eigenvalue weighted by molar-refractivity contribution is 0.306. The van der Waals surface area contributed by atoms with Gasteiger partial charge in [-0.15, -0.1) is 0 Å². The predicted octanol–water partition coefficient (Wildman–Crippen LogP) is 3.31. The Morgan fingerprint density at radius 1 is 1.42 bits per heavy atom. The summed E-state index contributed by atoms with van der Waals surface area (Å²) in [4.78, 5) is 0. The van der Waals surface area contributed by atoms with Crippen molar-refractivity contribution in [3.05, 3.63) is 36.1 Å². The zero-order valence-electron chi connectivity index (χ0n) is 8.42. The van der Waals surface area contributed by atoms with Crippen molar-refractivity contribution in [1.82, 2.24) is 0 Å². The van der Waals surface area contributed by atoms with Crippen LogP contribution >= 0.6 is 0 Å². The molecule has 0 N–H and O–H groups in total. The molecule has 0 heterocycles. The minimum absolute atomic E-state index is 0.563. The van der Waals surface area contributed by atoms with Gasteiger partial charge >= 0.3 is 0 Å². The van der Waals surface area contributed by atoms with E-state index < -0.39 is 0 Å². The summed E-state index contributed by atoms with van der Waals surface area (Å²) < 4.78 is 5.12. The largest absolute Gasteiger partial charge is 0.497 e. The van der Waals surface area contributed by atoms with Gasteiger partial charge in [0, 0.05) is 0 Å². The number of ether oxygens (including phenoxy) is 1. The quantitative estimate of drug-likeness (QED) is 0.460. The molecule has 0 radical (unpaired) electrons. The maximum atomic E-state index is 5.12. The van der Waals surface area contributed by atoms with Crippen LogP contribution in [0.25, 0.3) is 0 Å². The maximum Gasteiger partial charge on any atom is 0.118 e. The standard InChI is InChI=1S/C11H18O/c1-6-7-11(12-5)8-10(4)9(2)3/h6-9H,1H2,2-5H3/b10-8+,11-7+. The lowest BCUT2D eigenvalue weighted by Gasteiger charge is -2.06. The summed E-state index contributed by atoms with van der Waals surface area (Å²) in [5.74, 6) is 1.42. The van der Waals surface area contributed by atoms with E-state index in [1.54, 1.807) is 13.2 Å². The highest BCUT2D eigenvalue weighted by atomic mass is 16.5. The first-order chi connectivity index (χ1) is 5.61. The molecular weight excluding hydrogens is 148 g/mol. The van der Waals surface area contributed by atoms with Crippen LogP contribution in [-0.2, 0) is 4.74 Å². The van der Waals surface area contributed by atoms with E-state index in [0.717, 1.165) is 5.76 Å². The number of rotatable bonds is 4. The Hall–Kier alpha value is -0.980. The molecule has 0 aliphatic rings. The molecule has 0 bridgehead atoms. The molecule has 1 heteroatoms. The van der Waals surface area contributed by atoms with Crippen molar-refractivity contribution in [2.45, 2.75) is 20.8 Å². The molecule has 0 spiro atoms. The van der Waals surface area contributed by atoms with Gasteiger partial charge in [-0.3, -0.25) is 0 Å². The summed E-state index contributed by atoms with van der Waals surface area (Å²) in [6, 6.07) is 0. The molecule has 0 atom stereocenters. The Balaban J connectivity index is 4.46. The maximum absolute atomic E-state index is 5.12. The average Bonchev–Trinajstić information content (AvgIpc) is 2.03. The Morgan fingerprint density at radius 3 is 2.33 bits per heavy atom. The summed E-state index contributed by atoms with van der Waals surface area (Å²) in [5.41, 5.74) is 1.31. The molecule has 0 saturated heterocycles. The topological polar surface area (TPSA) is 9.23 Å². The van der Waals surface area contributed by atoms with Gasteiger partial charge < -0.3 is 4.74 Å². The monoisotopic (exact) mass is 166 g/mol. The summed E-state index contributed by atoms with van der Waals surface area (Å²) >= 11 is 0. The highest BCUT2D eigenvalue weighted by Crippen LogP contribution is 2.11. The highest BCUT2D eigenvalue weighted by molar-refractivity contribution is 5.21. The smallest absolute Gasteiger partial charge is 0.118 e. The first kappa shape index (κ1) is 11.0. The Labute approximate surface area is 75.4 Å². The van der Waals surface area contributed by atoms with E-state index in [4.69, 9.17) is 4.74 Å². The van der Waals surface area contributed by atoms with E-state index in [2.05, 4.69) is 27.4 Å². The summed E-state index contributed by atoms with van der Waals surface area (Å²) in [5, 5.41) is 0. The van der Waals surface area contributed by atoms with Gasteiger partial charge in [0.25, 0.3) is 0 Å². The van der Waals surface area contributed by atoms with Crippen LogP contribution in [0.4, 0.5) is 0 Å². The average molecular weight is 166 g/mol. The van der Waals surface area contributed by atoms with Gasteiger partial charge in [0.1, 0.15) is 5.76 Å². The fraction of sp³-hybridized carbons (Fsp3) is 0.455. The van der Waals surface area contributed by atoms with Gasteiger partial charge in [-0.2, -0.15) is 0 Å². The van der Waals surface area contributed by atoms with Crippen molar-refractivity contribution in [1.29, 1.82) is 0 Å². The highest BCUT2D eigenvalue weighted by Gasteiger charge is 1.97. The van der Waals surface area contributed by atoms with Crippen LogP contribution in [0.3, 0.4) is 0 Å². The molecule has 0 aliphatic carbocycles. The van der Waals surface area contributed by atoms with Crippen molar-refractivity contribution in [2.24, 2.45) is 5.92 Å². The van der Waals surface area contributed by atoms with E-state index >= 15 is 0 Å². The van der Waals surface area contributed by atoms with Crippen LogP contribution in [0, 0.1) is 5.92 Å². The van der Waals surface area contributed by atoms with E-state index in [1.807, 2.05) is 12.2 Å². The molecular formula is C11H18O. The van der Waals surface area contributed by atoms with Crippen LogP contribution in [0.1, 0.15) is 20.8 Å². The molecule has 0 aromatic carbocycles. The molecule has 1 nitrogen and oxygen atoms in total. The zero-order chi connectivity index (χ0) is 9.56. The summed E-state index contributed by atoms with van der Waals surface area (Å²) in [6.07, 6.45) is 5.61. The molecule has 0 saturated carbocycles. The van der Waals surface area contributed by atoms with Crippen molar-refractivity contribution >= 4 is 0 Å². The van der Waals surface area contributed by atoms with Crippen molar-refractivity contribution < 1.29 is 4.74 Å². The van der Waals surface area contributed by atoms with Gasteiger partial charge in [0.05, 0.1) is 7.11 Å². The molecule has 0 aromatic heterocycles. The van der Waals surface area contributed by atoms with Gasteiger partial charge in [0.15, 0.2) is 0 Å². The molecule has 0 rings (SSSR count). The molecule has 0 unspecified atom stereocenters. The number of allylic oxidation sites excluding steroid dienone is 4. The van der Waals surface area contributed by atoms with E-state index in [9.17, 15) is 0 Å². The fourth-order valence-electron chi connectivity index (χ4n) is 0.682. The number of methoxy groups -OCH3 is 1. The third-order valence-electron chi connectivity index (χ3n) is 1.80. The van der Waals surface area contributed by atoms with Crippen molar-refractivity contribution in [2.75, 3.05) is 7.11 Å². The zero-order valence-corrected chi connectivity index (χ0v) is 8.42. The second-order valence-electron chi connectivity index (χ2n) is 3.05.